The smallest absolute Gasteiger partial charge is 0.439 e. The number of fused-ring (bicyclic) bond motifs is 1. The second-order valence-electron chi connectivity index (χ2n) is 6.93. The van der Waals surface area contributed by atoms with Gasteiger partial charge in [0.1, 0.15) is 5.00 Å². The second kappa shape index (κ2) is 9.03. The second-order valence-corrected chi connectivity index (χ2v) is 8.03. The van der Waals surface area contributed by atoms with Crippen molar-refractivity contribution in [3.8, 4) is 0 Å². The molecule has 30 heavy (non-hydrogen) atoms. The minimum absolute atomic E-state index is 0.123. The van der Waals surface area contributed by atoms with Crippen LogP contribution in [0.15, 0.2) is 0 Å². The van der Waals surface area contributed by atoms with E-state index in [1.807, 2.05) is 0 Å². The van der Waals surface area contributed by atoms with E-state index in [1.54, 1.807) is 6.92 Å². The van der Waals surface area contributed by atoms with Crippen LogP contribution in [0.5, 0.6) is 0 Å². The molecule has 1 aliphatic carbocycles. The molecule has 0 spiro atoms. The molecule has 0 bridgehead atoms. The number of unbranched alkanes of at least 4 members (excludes halogenated alkanes) is 1. The van der Waals surface area contributed by atoms with Crippen molar-refractivity contribution in [2.24, 2.45) is 0 Å². The fourth-order valence-electron chi connectivity index (χ4n) is 3.23. The van der Waals surface area contributed by atoms with Crippen molar-refractivity contribution in [3.05, 3.63) is 16.0 Å². The van der Waals surface area contributed by atoms with Gasteiger partial charge in [-0.25, -0.2) is 4.79 Å². The lowest BCUT2D eigenvalue weighted by Crippen LogP contribution is -2.72. The molecule has 0 aromatic carbocycles. The fourth-order valence-corrected chi connectivity index (χ4v) is 4.56. The Bertz CT molecular complexity index is 774. The number of carbonyl (C=O) groups excluding carboxylic acids is 2. The molecular formula is C18H22F6N2O3S. The summed E-state index contributed by atoms with van der Waals surface area (Å²) >= 11 is 0.646. The number of esters is 1. The summed E-state index contributed by atoms with van der Waals surface area (Å²) in [6.07, 6.45) is -9.73. The lowest BCUT2D eigenvalue weighted by atomic mass is 9.95. The predicted molar refractivity (Wildman–Crippen MR) is 98.4 cm³/mol. The summed E-state index contributed by atoms with van der Waals surface area (Å²) in [5.74, 6) is -2.44. The maximum Gasteiger partial charge on any atom is 0.439 e. The Morgan fingerprint density at radius 1 is 1.07 bits per heavy atom. The van der Waals surface area contributed by atoms with Gasteiger partial charge in [-0.05, 0) is 37.7 Å². The van der Waals surface area contributed by atoms with Crippen LogP contribution in [-0.4, -0.2) is 37.0 Å². The first-order chi connectivity index (χ1) is 13.9. The van der Waals surface area contributed by atoms with Crippen LogP contribution >= 0.6 is 11.3 Å². The number of halogens is 6. The van der Waals surface area contributed by atoms with E-state index in [0.717, 1.165) is 12.4 Å². The number of aryl methyl sites for hydroxylation is 1. The quantitative estimate of drug-likeness (QED) is 0.343. The molecule has 1 aromatic heterocycles. The Labute approximate surface area is 173 Å². The summed E-state index contributed by atoms with van der Waals surface area (Å²) in [7, 11) is 0.992. The van der Waals surface area contributed by atoms with Crippen LogP contribution in [0.4, 0.5) is 31.3 Å². The van der Waals surface area contributed by atoms with Gasteiger partial charge in [-0.3, -0.25) is 4.79 Å². The number of ether oxygens (including phenoxy) is 1. The number of nitrogens with one attached hydrogen (secondary N) is 2. The van der Waals surface area contributed by atoms with E-state index in [0.29, 0.717) is 53.9 Å². The van der Waals surface area contributed by atoms with Crippen molar-refractivity contribution >= 4 is 28.2 Å². The lowest BCUT2D eigenvalue weighted by Gasteiger charge is -2.38. The number of hydrogen-bond donors (Lipinski definition) is 2. The van der Waals surface area contributed by atoms with Gasteiger partial charge in [-0.1, -0.05) is 13.3 Å². The molecular weight excluding hydrogens is 438 g/mol. The average Bonchev–Trinajstić information content (AvgIpc) is 3.01. The summed E-state index contributed by atoms with van der Waals surface area (Å²) in [5, 5.41) is 1.94. The molecule has 5 nitrogen and oxygen atoms in total. The summed E-state index contributed by atoms with van der Waals surface area (Å²) in [4.78, 5) is 24.7. The van der Waals surface area contributed by atoms with E-state index in [2.05, 4.69) is 4.74 Å². The molecule has 1 aliphatic rings. The van der Waals surface area contributed by atoms with Crippen LogP contribution in [0.25, 0.3) is 0 Å². The Morgan fingerprint density at radius 3 is 2.20 bits per heavy atom. The van der Waals surface area contributed by atoms with Crippen LogP contribution in [-0.2, 0) is 22.4 Å². The van der Waals surface area contributed by atoms with Gasteiger partial charge in [0.05, 0.1) is 12.7 Å². The minimum atomic E-state index is -5.94. The predicted octanol–water partition coefficient (Wildman–Crippen LogP) is 4.95. The van der Waals surface area contributed by atoms with E-state index < -0.39 is 41.3 Å². The molecule has 1 heterocycles. The summed E-state index contributed by atoms with van der Waals surface area (Å²) in [5.41, 5.74) is -4.71. The zero-order chi connectivity index (χ0) is 22.7. The van der Waals surface area contributed by atoms with Gasteiger partial charge in [0.2, 0.25) is 5.91 Å². The van der Waals surface area contributed by atoms with E-state index in [-0.39, 0.29) is 12.0 Å². The molecule has 1 amide bonds. The van der Waals surface area contributed by atoms with Crippen LogP contribution < -0.4 is 10.6 Å². The number of anilines is 1. The van der Waals surface area contributed by atoms with Gasteiger partial charge in [0.25, 0.3) is 0 Å². The molecule has 12 heteroatoms. The van der Waals surface area contributed by atoms with E-state index in [9.17, 15) is 35.9 Å². The van der Waals surface area contributed by atoms with E-state index in [4.69, 9.17) is 0 Å². The van der Waals surface area contributed by atoms with Gasteiger partial charge in [-0.15, -0.1) is 11.3 Å². The third-order valence-electron chi connectivity index (χ3n) is 4.80. The fraction of sp³-hybridized carbons (Fsp3) is 0.667. The molecule has 170 valence electrons. The van der Waals surface area contributed by atoms with Crippen LogP contribution in [0.1, 0.15) is 59.8 Å². The van der Waals surface area contributed by atoms with Crippen molar-refractivity contribution in [1.82, 2.24) is 5.32 Å². The number of alkyl halides is 6. The summed E-state index contributed by atoms with van der Waals surface area (Å²) in [6.45, 7) is 1.64. The average molecular weight is 460 g/mol. The highest BCUT2D eigenvalue weighted by molar-refractivity contribution is 7.16. The zero-order valence-corrected chi connectivity index (χ0v) is 17.2. The van der Waals surface area contributed by atoms with Crippen molar-refractivity contribution < 1.29 is 40.7 Å². The monoisotopic (exact) mass is 460 g/mol. The maximum atomic E-state index is 13.8. The molecule has 0 saturated heterocycles. The normalized spacial score (nSPS) is 14.8. The number of thiophene rings is 1. The molecule has 1 aromatic rings. The van der Waals surface area contributed by atoms with Gasteiger partial charge in [0, 0.05) is 11.3 Å². The molecule has 0 saturated carbocycles. The Morgan fingerprint density at radius 2 is 1.67 bits per heavy atom. The summed E-state index contributed by atoms with van der Waals surface area (Å²) in [6, 6.07) is 0. The molecule has 0 radical (unpaired) electrons. The van der Waals surface area contributed by atoms with Gasteiger partial charge >= 0.3 is 24.0 Å². The molecule has 0 atom stereocenters. The van der Waals surface area contributed by atoms with Crippen LogP contribution in [0.3, 0.4) is 0 Å². The third kappa shape index (κ3) is 4.68. The molecule has 0 fully saturated rings. The first-order valence-corrected chi connectivity index (χ1v) is 10.1. The number of amides is 1. The highest BCUT2D eigenvalue weighted by Gasteiger charge is 2.73. The van der Waals surface area contributed by atoms with Gasteiger partial charge < -0.3 is 15.4 Å². The largest absolute Gasteiger partial charge is 0.465 e. The number of rotatable bonds is 7. The standard InChI is InChI=1S/C18H22F6N2O3S/c1-3-4-9-12(27)25-16(17(19,20)21,18(22,23)24)26-14-13(15(28)29-2)10-7-5-6-8-11(10)30-14/h26H,3-9H2,1-2H3,(H,25,27). The van der Waals surface area contributed by atoms with E-state index >= 15 is 0 Å². The molecule has 2 rings (SSSR count). The summed E-state index contributed by atoms with van der Waals surface area (Å²) < 4.78 is 87.6. The highest BCUT2D eigenvalue weighted by Crippen LogP contribution is 2.47. The number of methoxy groups -OCH3 is 1. The lowest BCUT2D eigenvalue weighted by molar-refractivity contribution is -0.295. The molecule has 0 aliphatic heterocycles. The molecule has 2 N–H and O–H groups in total. The van der Waals surface area contributed by atoms with Crippen molar-refractivity contribution in [2.75, 3.05) is 12.4 Å². The zero-order valence-electron chi connectivity index (χ0n) is 16.4. The maximum absolute atomic E-state index is 13.8. The Balaban J connectivity index is 2.60. The van der Waals surface area contributed by atoms with Gasteiger partial charge in [-0.2, -0.15) is 26.3 Å². The number of carbonyl (C=O) groups is 2. The van der Waals surface area contributed by atoms with E-state index in [1.165, 1.54) is 5.32 Å². The first-order valence-electron chi connectivity index (χ1n) is 9.33. The topological polar surface area (TPSA) is 67.4 Å². The Hall–Kier alpha value is -1.98. The SMILES string of the molecule is CCCCC(=O)NC(Nc1sc2c(c1C(=O)OC)CCCC2)(C(F)(F)F)C(F)(F)F. The molecule has 0 unspecified atom stereocenters. The van der Waals surface area contributed by atoms with Crippen molar-refractivity contribution in [2.45, 2.75) is 69.9 Å². The third-order valence-corrected chi connectivity index (χ3v) is 6.00. The van der Waals surface area contributed by atoms with Crippen LogP contribution in [0, 0.1) is 0 Å². The van der Waals surface area contributed by atoms with Crippen molar-refractivity contribution in [3.63, 3.8) is 0 Å². The Kier molecular flexibility index (Phi) is 7.31. The number of hydrogen-bond acceptors (Lipinski definition) is 5. The highest BCUT2D eigenvalue weighted by atomic mass is 32.1. The first kappa shape index (κ1) is 24.3. The van der Waals surface area contributed by atoms with Crippen LogP contribution in [0.2, 0.25) is 0 Å². The van der Waals surface area contributed by atoms with Gasteiger partial charge in [0.15, 0.2) is 0 Å². The van der Waals surface area contributed by atoms with Crippen molar-refractivity contribution in [1.29, 1.82) is 0 Å². The minimum Gasteiger partial charge on any atom is -0.465 e.